The summed E-state index contributed by atoms with van der Waals surface area (Å²) < 4.78 is 93.9. The first-order valence-electron chi connectivity index (χ1n) is 11.6. The van der Waals surface area contributed by atoms with E-state index in [0.717, 1.165) is 18.4 Å². The standard InChI is InChI=1S/C27H23F5N4O3S/c1-35(25(14-33)17-6-9-20(10-7-17)39-27(30,31)32)24-13-19(18-4-3-5-21(12-18)40(2,37)38)8-11-23(24)36-15-22(26(28)29)34-16-36/h3-16,26H,33H2,1-2H3/b25-14-. The van der Waals surface area contributed by atoms with Gasteiger partial charge in [-0.2, -0.15) is 0 Å². The molecule has 0 aliphatic carbocycles. The van der Waals surface area contributed by atoms with E-state index < -0.39 is 34.1 Å². The molecule has 0 aliphatic rings. The first-order valence-corrected chi connectivity index (χ1v) is 13.4. The van der Waals surface area contributed by atoms with Gasteiger partial charge in [0.05, 0.1) is 28.3 Å². The topological polar surface area (TPSA) is 90.5 Å². The molecule has 13 heteroatoms. The lowest BCUT2D eigenvalue weighted by Crippen LogP contribution is -2.19. The Labute approximate surface area is 226 Å². The molecule has 0 atom stereocenters. The first kappa shape index (κ1) is 28.6. The summed E-state index contributed by atoms with van der Waals surface area (Å²) in [5, 5.41) is 0. The first-order chi connectivity index (χ1) is 18.8. The number of nitrogens with two attached hydrogens (primary N) is 1. The molecular formula is C27H23F5N4O3S. The summed E-state index contributed by atoms with van der Waals surface area (Å²) in [5.41, 5.74) is 8.37. The van der Waals surface area contributed by atoms with Crippen LogP contribution in [0.2, 0.25) is 0 Å². The summed E-state index contributed by atoms with van der Waals surface area (Å²) in [7, 11) is -1.85. The van der Waals surface area contributed by atoms with Crippen molar-refractivity contribution in [2.24, 2.45) is 5.73 Å². The highest BCUT2D eigenvalue weighted by Gasteiger charge is 2.31. The fourth-order valence-corrected chi connectivity index (χ4v) is 4.70. The van der Waals surface area contributed by atoms with Crippen LogP contribution >= 0.6 is 0 Å². The highest BCUT2D eigenvalue weighted by atomic mass is 32.2. The van der Waals surface area contributed by atoms with E-state index in [1.54, 1.807) is 42.3 Å². The second-order valence-electron chi connectivity index (χ2n) is 8.69. The summed E-state index contributed by atoms with van der Waals surface area (Å²) >= 11 is 0. The van der Waals surface area contributed by atoms with Crippen molar-refractivity contribution in [2.45, 2.75) is 17.7 Å². The van der Waals surface area contributed by atoms with Gasteiger partial charge in [0.15, 0.2) is 9.84 Å². The van der Waals surface area contributed by atoms with Crippen LogP contribution in [-0.2, 0) is 9.84 Å². The molecular weight excluding hydrogens is 555 g/mol. The molecule has 0 spiro atoms. The number of aromatic nitrogens is 2. The molecule has 4 aromatic rings. The molecule has 4 rings (SSSR count). The highest BCUT2D eigenvalue weighted by molar-refractivity contribution is 7.90. The summed E-state index contributed by atoms with van der Waals surface area (Å²) in [6.07, 6.45) is -2.89. The summed E-state index contributed by atoms with van der Waals surface area (Å²) in [6.45, 7) is 0. The molecule has 0 unspecified atom stereocenters. The fraction of sp³-hybridized carbons (Fsp3) is 0.148. The number of hydrogen-bond donors (Lipinski definition) is 1. The Balaban J connectivity index is 1.82. The van der Waals surface area contributed by atoms with Crippen LogP contribution in [-0.4, -0.2) is 37.6 Å². The monoisotopic (exact) mass is 578 g/mol. The Kier molecular flexibility index (Phi) is 7.87. The number of rotatable bonds is 8. The van der Waals surface area contributed by atoms with Crippen molar-refractivity contribution >= 4 is 21.2 Å². The predicted molar refractivity (Wildman–Crippen MR) is 141 cm³/mol. The molecule has 210 valence electrons. The largest absolute Gasteiger partial charge is 0.573 e. The molecule has 1 heterocycles. The van der Waals surface area contributed by atoms with Crippen LogP contribution in [0, 0.1) is 0 Å². The van der Waals surface area contributed by atoms with Gasteiger partial charge in [0, 0.05) is 25.7 Å². The molecule has 7 nitrogen and oxygen atoms in total. The van der Waals surface area contributed by atoms with Crippen LogP contribution in [0.4, 0.5) is 27.6 Å². The zero-order chi connectivity index (χ0) is 29.2. The van der Waals surface area contributed by atoms with Gasteiger partial charge >= 0.3 is 6.36 Å². The van der Waals surface area contributed by atoms with Crippen LogP contribution < -0.4 is 15.4 Å². The van der Waals surface area contributed by atoms with Gasteiger partial charge in [0.2, 0.25) is 0 Å². The number of imidazole rings is 1. The maximum absolute atomic E-state index is 13.3. The van der Waals surface area contributed by atoms with Crippen molar-refractivity contribution in [3.63, 3.8) is 0 Å². The Morgan fingerprint density at radius 2 is 1.73 bits per heavy atom. The minimum atomic E-state index is -4.85. The van der Waals surface area contributed by atoms with Crippen molar-refractivity contribution in [1.29, 1.82) is 0 Å². The number of halogens is 5. The molecule has 0 saturated heterocycles. The highest BCUT2D eigenvalue weighted by Crippen LogP contribution is 2.36. The van der Waals surface area contributed by atoms with Crippen molar-refractivity contribution < 1.29 is 35.1 Å². The van der Waals surface area contributed by atoms with Crippen LogP contribution in [0.1, 0.15) is 17.7 Å². The van der Waals surface area contributed by atoms with Gasteiger partial charge < -0.3 is 19.9 Å². The van der Waals surface area contributed by atoms with E-state index in [1.165, 1.54) is 47.6 Å². The minimum absolute atomic E-state index is 0.115. The third kappa shape index (κ3) is 6.42. The Bertz CT molecular complexity index is 1650. The number of sulfone groups is 1. The van der Waals surface area contributed by atoms with Gasteiger partial charge in [0.1, 0.15) is 11.4 Å². The van der Waals surface area contributed by atoms with Crippen LogP contribution in [0.15, 0.2) is 90.3 Å². The van der Waals surface area contributed by atoms with Gasteiger partial charge in [-0.1, -0.05) is 18.2 Å². The quantitative estimate of drug-likeness (QED) is 0.252. The second-order valence-corrected chi connectivity index (χ2v) is 10.7. The number of ether oxygens (including phenoxy) is 1. The molecule has 0 aliphatic heterocycles. The van der Waals surface area contributed by atoms with Crippen LogP contribution in [0.3, 0.4) is 0 Å². The summed E-state index contributed by atoms with van der Waals surface area (Å²) in [4.78, 5) is 5.50. The van der Waals surface area contributed by atoms with E-state index in [-0.39, 0.29) is 4.90 Å². The van der Waals surface area contributed by atoms with E-state index in [4.69, 9.17) is 5.73 Å². The smallest absolute Gasteiger partial charge is 0.406 e. The molecule has 1 aromatic heterocycles. The second kappa shape index (κ2) is 11.0. The molecule has 3 aromatic carbocycles. The maximum atomic E-state index is 13.3. The van der Waals surface area contributed by atoms with E-state index in [2.05, 4.69) is 9.72 Å². The van der Waals surface area contributed by atoms with E-state index in [9.17, 15) is 30.4 Å². The van der Waals surface area contributed by atoms with Crippen molar-refractivity contribution in [1.82, 2.24) is 9.55 Å². The number of hydrogen-bond acceptors (Lipinski definition) is 6. The minimum Gasteiger partial charge on any atom is -0.406 e. The Morgan fingerprint density at radius 1 is 1.05 bits per heavy atom. The van der Waals surface area contributed by atoms with Crippen LogP contribution in [0.5, 0.6) is 5.75 Å². The van der Waals surface area contributed by atoms with Gasteiger partial charge in [-0.25, -0.2) is 22.2 Å². The third-order valence-electron chi connectivity index (χ3n) is 5.94. The lowest BCUT2D eigenvalue weighted by Gasteiger charge is -2.26. The van der Waals surface area contributed by atoms with Crippen LogP contribution in [0.25, 0.3) is 22.5 Å². The third-order valence-corrected chi connectivity index (χ3v) is 7.05. The van der Waals surface area contributed by atoms with E-state index in [1.807, 2.05) is 0 Å². The van der Waals surface area contributed by atoms with Gasteiger partial charge in [-0.15, -0.1) is 13.2 Å². The number of nitrogens with zero attached hydrogens (tertiary/aromatic N) is 3. The predicted octanol–water partition coefficient (Wildman–Crippen LogP) is 6.17. The lowest BCUT2D eigenvalue weighted by molar-refractivity contribution is -0.274. The average molecular weight is 579 g/mol. The Hall–Kier alpha value is -4.39. The molecule has 0 amide bonds. The number of benzene rings is 3. The van der Waals surface area contributed by atoms with Crippen molar-refractivity contribution in [2.75, 3.05) is 18.2 Å². The summed E-state index contributed by atoms with van der Waals surface area (Å²) in [6, 6.07) is 16.4. The zero-order valence-electron chi connectivity index (χ0n) is 21.1. The Morgan fingerprint density at radius 3 is 2.30 bits per heavy atom. The number of alkyl halides is 5. The molecule has 40 heavy (non-hydrogen) atoms. The fourth-order valence-electron chi connectivity index (χ4n) is 4.04. The SMILES string of the molecule is CN(/C(=C\N)c1ccc(OC(F)(F)F)cc1)c1cc(-c2cccc(S(C)(=O)=O)c2)ccc1-n1cnc(C(F)F)c1. The molecule has 0 radical (unpaired) electrons. The van der Waals surface area contributed by atoms with Crippen molar-refractivity contribution in [3.05, 3.63) is 96.7 Å². The molecule has 0 fully saturated rings. The maximum Gasteiger partial charge on any atom is 0.573 e. The molecule has 0 bridgehead atoms. The average Bonchev–Trinajstić information content (AvgIpc) is 3.39. The van der Waals surface area contributed by atoms with E-state index >= 15 is 0 Å². The normalized spacial score (nSPS) is 12.6. The van der Waals surface area contributed by atoms with Crippen molar-refractivity contribution in [3.8, 4) is 22.6 Å². The number of anilines is 1. The lowest BCUT2D eigenvalue weighted by atomic mass is 10.0. The summed E-state index contributed by atoms with van der Waals surface area (Å²) in [5.74, 6) is -0.415. The van der Waals surface area contributed by atoms with Gasteiger partial charge in [-0.05, 0) is 65.2 Å². The van der Waals surface area contributed by atoms with Gasteiger partial charge in [-0.3, -0.25) is 0 Å². The van der Waals surface area contributed by atoms with Gasteiger partial charge in [0.25, 0.3) is 6.43 Å². The van der Waals surface area contributed by atoms with E-state index in [0.29, 0.717) is 33.8 Å². The molecule has 0 saturated carbocycles. The zero-order valence-corrected chi connectivity index (χ0v) is 21.9. The molecule has 2 N–H and O–H groups in total.